The van der Waals surface area contributed by atoms with Gasteiger partial charge >= 0.3 is 18.3 Å². The maximum atomic E-state index is 13.6. The molecule has 4 nitrogen and oxygen atoms in total. The number of benzene rings is 2. The van der Waals surface area contributed by atoms with Crippen LogP contribution >= 0.6 is 11.5 Å². The summed E-state index contributed by atoms with van der Waals surface area (Å²) in [5.41, 5.74) is 1.01. The van der Waals surface area contributed by atoms with E-state index >= 15 is 0 Å². The van der Waals surface area contributed by atoms with Gasteiger partial charge in [-0.25, -0.2) is 0 Å². The van der Waals surface area contributed by atoms with Crippen LogP contribution in [0, 0.1) is 13.8 Å². The molecule has 0 atom stereocenters. The minimum absolute atomic E-state index is 0.0630. The van der Waals surface area contributed by atoms with E-state index in [1.807, 2.05) is 0 Å². The lowest BCUT2D eigenvalue weighted by atomic mass is 9.99. The van der Waals surface area contributed by atoms with Crippen molar-refractivity contribution in [3.63, 3.8) is 0 Å². The topological polar surface area (TPSA) is 59.4 Å². The quantitative estimate of drug-likeness (QED) is 0.351. The van der Waals surface area contributed by atoms with Gasteiger partial charge in [-0.1, -0.05) is 18.2 Å². The Morgan fingerprint density at radius 2 is 1.62 bits per heavy atom. The Morgan fingerprint density at radius 1 is 0.971 bits per heavy atom. The third-order valence-corrected chi connectivity index (χ3v) is 6.30. The maximum Gasteiger partial charge on any atom is 0.427 e. The van der Waals surface area contributed by atoms with Crippen molar-refractivity contribution < 1.29 is 41.0 Å². The number of hydrogen-bond donors (Lipinski definition) is 1. The molecule has 182 valence electrons. The number of carbonyl (C=O) groups is 1. The molecule has 0 saturated carbocycles. The predicted octanol–water partition coefficient (Wildman–Crippen LogP) is 7.06. The summed E-state index contributed by atoms with van der Waals surface area (Å²) in [6, 6.07) is 6.95. The SMILES string of the molecule is Cc1c(CCC(=O)O)ccc(OCc2c(-c3ccc(C(F)(F)F)cc3)nsc2C(F)(F)F)c1C. The highest BCUT2D eigenvalue weighted by Gasteiger charge is 2.38. The molecule has 0 amide bonds. The molecule has 2 aromatic carbocycles. The average molecular weight is 503 g/mol. The summed E-state index contributed by atoms with van der Waals surface area (Å²) >= 11 is 0.209. The van der Waals surface area contributed by atoms with Gasteiger partial charge in [-0.2, -0.15) is 30.7 Å². The van der Waals surface area contributed by atoms with Crippen molar-refractivity contribution in [1.29, 1.82) is 0 Å². The smallest absolute Gasteiger partial charge is 0.427 e. The van der Waals surface area contributed by atoms with Crippen molar-refractivity contribution >= 4 is 17.5 Å². The summed E-state index contributed by atoms with van der Waals surface area (Å²) in [6.07, 6.45) is -9.05. The second-order valence-electron chi connectivity index (χ2n) is 7.57. The zero-order valence-electron chi connectivity index (χ0n) is 18.0. The van der Waals surface area contributed by atoms with Gasteiger partial charge in [0.2, 0.25) is 0 Å². The fourth-order valence-electron chi connectivity index (χ4n) is 3.38. The van der Waals surface area contributed by atoms with E-state index in [0.29, 0.717) is 17.7 Å². The minimum Gasteiger partial charge on any atom is -0.488 e. The molecule has 0 radical (unpaired) electrons. The van der Waals surface area contributed by atoms with Crippen LogP contribution in [0.15, 0.2) is 36.4 Å². The summed E-state index contributed by atoms with van der Waals surface area (Å²) in [6.45, 7) is 2.97. The molecular formula is C23H19F6NO3S. The number of aryl methyl sites for hydroxylation is 1. The first-order valence-electron chi connectivity index (χ1n) is 9.96. The van der Waals surface area contributed by atoms with E-state index in [-0.39, 0.29) is 34.8 Å². The first kappa shape index (κ1) is 25.5. The van der Waals surface area contributed by atoms with Gasteiger partial charge in [0.05, 0.1) is 11.3 Å². The number of halogens is 6. The predicted molar refractivity (Wildman–Crippen MR) is 114 cm³/mol. The average Bonchev–Trinajstić information content (AvgIpc) is 3.18. The van der Waals surface area contributed by atoms with Crippen LogP contribution in [0.3, 0.4) is 0 Å². The molecule has 0 bridgehead atoms. The number of hydrogen-bond acceptors (Lipinski definition) is 4. The molecule has 34 heavy (non-hydrogen) atoms. The number of aromatic nitrogens is 1. The zero-order chi connectivity index (χ0) is 25.3. The molecular weight excluding hydrogens is 484 g/mol. The first-order chi connectivity index (χ1) is 15.8. The summed E-state index contributed by atoms with van der Waals surface area (Å²) in [7, 11) is 0. The molecule has 3 aromatic rings. The van der Waals surface area contributed by atoms with E-state index < -0.39 is 35.4 Å². The monoisotopic (exact) mass is 503 g/mol. The highest BCUT2D eigenvalue weighted by molar-refractivity contribution is 7.06. The van der Waals surface area contributed by atoms with Gasteiger partial charge in [-0.3, -0.25) is 4.79 Å². The third-order valence-electron chi connectivity index (χ3n) is 5.36. The molecule has 0 unspecified atom stereocenters. The van der Waals surface area contributed by atoms with Crippen LogP contribution in [0.1, 0.15) is 39.1 Å². The van der Waals surface area contributed by atoms with Crippen LogP contribution in [0.25, 0.3) is 11.3 Å². The van der Waals surface area contributed by atoms with Crippen molar-refractivity contribution in [2.24, 2.45) is 0 Å². The lowest BCUT2D eigenvalue weighted by Gasteiger charge is -2.16. The number of rotatable bonds is 7. The third kappa shape index (κ3) is 5.69. The Kier molecular flexibility index (Phi) is 7.25. The van der Waals surface area contributed by atoms with E-state index in [1.54, 1.807) is 26.0 Å². The summed E-state index contributed by atoms with van der Waals surface area (Å²) < 4.78 is 88.8. The summed E-state index contributed by atoms with van der Waals surface area (Å²) in [4.78, 5) is 9.83. The molecule has 3 rings (SSSR count). The van der Waals surface area contributed by atoms with Gasteiger partial charge in [0, 0.05) is 17.5 Å². The van der Waals surface area contributed by atoms with Crippen LogP contribution in [0.2, 0.25) is 0 Å². The Morgan fingerprint density at radius 3 is 2.18 bits per heavy atom. The highest BCUT2D eigenvalue weighted by atomic mass is 32.1. The number of carboxylic acids is 1. The van der Waals surface area contributed by atoms with Crippen LogP contribution < -0.4 is 4.74 Å². The van der Waals surface area contributed by atoms with Crippen LogP contribution in [0.4, 0.5) is 26.3 Å². The maximum absolute atomic E-state index is 13.6. The van der Waals surface area contributed by atoms with E-state index in [2.05, 4.69) is 4.37 Å². The Bertz CT molecular complexity index is 1180. The van der Waals surface area contributed by atoms with Gasteiger partial charge in [0.15, 0.2) is 0 Å². The summed E-state index contributed by atoms with van der Waals surface area (Å²) in [5.74, 6) is -0.632. The molecule has 0 saturated heterocycles. The molecule has 1 N–H and O–H groups in total. The van der Waals surface area contributed by atoms with Crippen molar-refractivity contribution in [3.8, 4) is 17.0 Å². The zero-order valence-corrected chi connectivity index (χ0v) is 18.8. The van der Waals surface area contributed by atoms with Crippen LogP contribution in [0.5, 0.6) is 5.75 Å². The highest BCUT2D eigenvalue weighted by Crippen LogP contribution is 2.41. The fourth-order valence-corrected chi connectivity index (χ4v) is 4.15. The molecule has 0 spiro atoms. The van der Waals surface area contributed by atoms with Crippen molar-refractivity contribution in [2.45, 2.75) is 45.6 Å². The van der Waals surface area contributed by atoms with E-state index in [4.69, 9.17) is 9.84 Å². The largest absolute Gasteiger partial charge is 0.488 e. The minimum atomic E-state index is -4.72. The summed E-state index contributed by atoms with van der Waals surface area (Å²) in [5, 5.41) is 8.87. The van der Waals surface area contributed by atoms with Crippen molar-refractivity contribution in [1.82, 2.24) is 4.37 Å². The lowest BCUT2D eigenvalue weighted by Crippen LogP contribution is -2.09. The van der Waals surface area contributed by atoms with E-state index in [9.17, 15) is 31.1 Å². The number of nitrogens with zero attached hydrogens (tertiary/aromatic N) is 1. The van der Waals surface area contributed by atoms with Gasteiger partial charge in [-0.05, 0) is 66.7 Å². The Labute approximate surface area is 195 Å². The first-order valence-corrected chi connectivity index (χ1v) is 10.7. The van der Waals surface area contributed by atoms with Crippen LogP contribution in [-0.4, -0.2) is 15.4 Å². The van der Waals surface area contributed by atoms with Crippen LogP contribution in [-0.2, 0) is 30.2 Å². The van der Waals surface area contributed by atoms with Crippen molar-refractivity contribution in [3.05, 3.63) is 69.1 Å². The van der Waals surface area contributed by atoms with Gasteiger partial charge in [0.1, 0.15) is 17.2 Å². The molecule has 1 aromatic heterocycles. The Balaban J connectivity index is 1.92. The Hall–Kier alpha value is -3.08. The number of alkyl halides is 6. The number of carboxylic acid groups (broad SMARTS) is 1. The van der Waals surface area contributed by atoms with Gasteiger partial charge < -0.3 is 9.84 Å². The number of aliphatic carboxylic acids is 1. The molecule has 11 heteroatoms. The second-order valence-corrected chi connectivity index (χ2v) is 8.34. The molecule has 0 fully saturated rings. The second kappa shape index (κ2) is 9.65. The van der Waals surface area contributed by atoms with Crippen molar-refractivity contribution in [2.75, 3.05) is 0 Å². The fraction of sp³-hybridized carbons (Fsp3) is 0.304. The molecule has 0 aliphatic carbocycles. The number of ether oxygens (including phenoxy) is 1. The van der Waals surface area contributed by atoms with E-state index in [1.165, 1.54) is 0 Å². The lowest BCUT2D eigenvalue weighted by molar-refractivity contribution is -0.138. The van der Waals surface area contributed by atoms with Gasteiger partial charge in [0.25, 0.3) is 0 Å². The standard InChI is InChI=1S/C23H19F6NO3S/c1-12-13(2)18(9-5-14(12)6-10-19(31)32)33-11-17-20(30-34-21(17)23(27,28)29)15-3-7-16(8-4-15)22(24,25)26/h3-5,7-9H,6,10-11H2,1-2H3,(H,31,32). The molecule has 0 aliphatic rings. The molecule has 0 aliphatic heterocycles. The van der Waals surface area contributed by atoms with E-state index in [0.717, 1.165) is 35.4 Å². The normalized spacial score (nSPS) is 12.1. The van der Waals surface area contributed by atoms with Gasteiger partial charge in [-0.15, -0.1) is 0 Å². The molecule has 1 heterocycles.